The number of amides is 1. The zero-order chi connectivity index (χ0) is 20.3. The minimum absolute atomic E-state index is 0.0744. The van der Waals surface area contributed by atoms with Crippen molar-refractivity contribution in [3.8, 4) is 0 Å². The molecule has 0 radical (unpaired) electrons. The Morgan fingerprint density at radius 2 is 2.23 bits per heavy atom. The predicted molar refractivity (Wildman–Crippen MR) is 116 cm³/mol. The number of ether oxygens (including phenoxy) is 1. The highest BCUT2D eigenvalue weighted by Gasteiger charge is 2.31. The van der Waals surface area contributed by atoms with E-state index in [1.807, 2.05) is 42.9 Å². The van der Waals surface area contributed by atoms with E-state index >= 15 is 0 Å². The van der Waals surface area contributed by atoms with Crippen molar-refractivity contribution in [2.24, 2.45) is 16.8 Å². The number of imidazole rings is 1. The zero-order valence-corrected chi connectivity index (χ0v) is 17.0. The van der Waals surface area contributed by atoms with E-state index in [1.165, 1.54) is 5.57 Å². The number of hydrogen-bond acceptors (Lipinski definition) is 3. The molecule has 3 unspecified atom stereocenters. The number of allylic oxidation sites excluding steroid dienone is 5. The van der Waals surface area contributed by atoms with Crippen LogP contribution in [0.15, 0.2) is 65.5 Å². The second-order valence-electron chi connectivity index (χ2n) is 8.15. The summed E-state index contributed by atoms with van der Waals surface area (Å²) in [7, 11) is 0. The van der Waals surface area contributed by atoms with E-state index in [1.54, 1.807) is 0 Å². The molecule has 2 N–H and O–H groups in total. The number of rotatable bonds is 4. The lowest BCUT2D eigenvalue weighted by atomic mass is 9.82. The third-order valence-corrected chi connectivity index (χ3v) is 6.26. The number of nitrogens with zero attached hydrogens (tertiary/aromatic N) is 2. The molecule has 0 aromatic carbocycles. The number of aliphatic imine (C=N–C) groups is 1. The van der Waals surface area contributed by atoms with E-state index in [-0.39, 0.29) is 17.7 Å². The summed E-state index contributed by atoms with van der Waals surface area (Å²) in [5.41, 5.74) is 2.73. The fraction of sp³-hybridized carbons (Fsp3) is 0.375. The Hall–Kier alpha value is -2.99. The van der Waals surface area contributed by atoms with Crippen molar-refractivity contribution < 1.29 is 13.9 Å². The number of pyridine rings is 1. The van der Waals surface area contributed by atoms with Gasteiger partial charge in [-0.3, -0.25) is 9.79 Å². The third kappa shape index (κ3) is 3.63. The Morgan fingerprint density at radius 3 is 3.20 bits per heavy atom. The zero-order valence-electron chi connectivity index (χ0n) is 17.0. The van der Waals surface area contributed by atoms with Gasteiger partial charge in [0.1, 0.15) is 0 Å². The van der Waals surface area contributed by atoms with Crippen molar-refractivity contribution in [2.45, 2.75) is 25.2 Å². The molecule has 0 bridgehead atoms. The van der Waals surface area contributed by atoms with Crippen LogP contribution >= 0.6 is 0 Å². The van der Waals surface area contributed by atoms with Gasteiger partial charge in [-0.2, -0.15) is 4.40 Å². The molecular weight excluding hydrogens is 376 g/mol. The van der Waals surface area contributed by atoms with Gasteiger partial charge in [-0.25, -0.2) is 4.98 Å². The van der Waals surface area contributed by atoms with Gasteiger partial charge in [-0.05, 0) is 37.0 Å². The van der Waals surface area contributed by atoms with Gasteiger partial charge < -0.3 is 10.1 Å². The summed E-state index contributed by atoms with van der Waals surface area (Å²) in [5.74, 6) is 1.80. The Labute approximate surface area is 176 Å². The fourth-order valence-corrected chi connectivity index (χ4v) is 4.66. The first kappa shape index (κ1) is 19.0. The van der Waals surface area contributed by atoms with Crippen LogP contribution in [-0.4, -0.2) is 36.9 Å². The van der Waals surface area contributed by atoms with Crippen LogP contribution in [0.3, 0.4) is 0 Å². The molecule has 1 aliphatic carbocycles. The first-order chi connectivity index (χ1) is 14.8. The van der Waals surface area contributed by atoms with E-state index in [4.69, 9.17) is 4.74 Å². The number of H-pyrrole nitrogens is 1. The Kier molecular flexibility index (Phi) is 5.32. The number of fused-ring (bicyclic) bond motifs is 2. The van der Waals surface area contributed by atoms with Crippen molar-refractivity contribution >= 4 is 17.6 Å². The summed E-state index contributed by atoms with van der Waals surface area (Å²) in [5, 5.41) is 3.14. The SMILES string of the molecule is O=C(NCC1C=NC=C2C=CC=CC21)c1[nH]c(C2CCCOCC2)[n+]2ccccc12. The van der Waals surface area contributed by atoms with Crippen LogP contribution in [0.2, 0.25) is 0 Å². The largest absolute Gasteiger partial charge is 0.381 e. The van der Waals surface area contributed by atoms with Crippen molar-refractivity contribution in [1.29, 1.82) is 0 Å². The lowest BCUT2D eigenvalue weighted by Gasteiger charge is -2.26. The van der Waals surface area contributed by atoms with E-state index in [9.17, 15) is 4.79 Å². The number of aromatic nitrogens is 2. The highest BCUT2D eigenvalue weighted by atomic mass is 16.5. The Morgan fingerprint density at radius 1 is 1.27 bits per heavy atom. The number of aromatic amines is 1. The molecule has 6 nitrogen and oxygen atoms in total. The maximum absolute atomic E-state index is 13.2. The van der Waals surface area contributed by atoms with Gasteiger partial charge >= 0.3 is 0 Å². The van der Waals surface area contributed by atoms with E-state index in [0.717, 1.165) is 43.8 Å². The standard InChI is InChI=1S/C24H26N4O2/c29-24(26-16-19-15-25-14-18-6-1-2-8-20(18)19)22-21-9-3-4-11-28(21)23(27-22)17-7-5-12-30-13-10-17/h1-4,6,8-9,11,14-15,17,19-20H,5,7,10,12-13,16H2,(H,26,29)/p+1. The lowest BCUT2D eigenvalue weighted by Crippen LogP contribution is -2.35. The molecule has 2 aliphatic heterocycles. The van der Waals surface area contributed by atoms with E-state index in [2.05, 4.69) is 37.9 Å². The van der Waals surface area contributed by atoms with Gasteiger partial charge in [-0.1, -0.05) is 30.4 Å². The minimum atomic E-state index is -0.0744. The molecular formula is C24H27N4O2+. The molecule has 30 heavy (non-hydrogen) atoms. The molecule has 5 rings (SSSR count). The summed E-state index contributed by atoms with van der Waals surface area (Å²) in [6.45, 7) is 2.13. The quantitative estimate of drug-likeness (QED) is 0.770. The molecule has 2 aromatic heterocycles. The van der Waals surface area contributed by atoms with Gasteiger partial charge in [0.05, 0.1) is 12.1 Å². The van der Waals surface area contributed by atoms with Crippen LogP contribution in [0, 0.1) is 11.8 Å². The molecule has 1 amide bonds. The van der Waals surface area contributed by atoms with Crippen molar-refractivity contribution in [1.82, 2.24) is 10.3 Å². The fourth-order valence-electron chi connectivity index (χ4n) is 4.66. The van der Waals surface area contributed by atoms with Crippen LogP contribution in [-0.2, 0) is 4.74 Å². The highest BCUT2D eigenvalue weighted by molar-refractivity contribution is 5.98. The average Bonchev–Trinajstić information content (AvgIpc) is 2.97. The van der Waals surface area contributed by atoms with E-state index in [0.29, 0.717) is 18.2 Å². The topological polar surface area (TPSA) is 70.6 Å². The maximum atomic E-state index is 13.2. The molecule has 2 aromatic rings. The average molecular weight is 404 g/mol. The van der Waals surface area contributed by atoms with Crippen LogP contribution in [0.4, 0.5) is 0 Å². The van der Waals surface area contributed by atoms with Gasteiger partial charge in [0.15, 0.2) is 5.52 Å². The maximum Gasteiger partial charge on any atom is 0.295 e. The summed E-state index contributed by atoms with van der Waals surface area (Å²) in [4.78, 5) is 21.0. The summed E-state index contributed by atoms with van der Waals surface area (Å²) >= 11 is 0. The summed E-state index contributed by atoms with van der Waals surface area (Å²) in [6.07, 6.45) is 17.3. The highest BCUT2D eigenvalue weighted by Crippen LogP contribution is 2.29. The first-order valence-electron chi connectivity index (χ1n) is 10.8. The van der Waals surface area contributed by atoms with Gasteiger partial charge in [0.2, 0.25) is 5.69 Å². The Balaban J connectivity index is 1.36. The summed E-state index contributed by atoms with van der Waals surface area (Å²) in [6, 6.07) is 5.98. The smallest absolute Gasteiger partial charge is 0.295 e. The monoisotopic (exact) mass is 403 g/mol. The number of hydrogen-bond donors (Lipinski definition) is 2. The summed E-state index contributed by atoms with van der Waals surface area (Å²) < 4.78 is 7.76. The first-order valence-corrected chi connectivity index (χ1v) is 10.8. The minimum Gasteiger partial charge on any atom is -0.381 e. The number of carbonyl (C=O) groups is 1. The molecule has 6 heteroatoms. The second-order valence-corrected chi connectivity index (χ2v) is 8.15. The van der Waals surface area contributed by atoms with Crippen LogP contribution in [0.1, 0.15) is 41.5 Å². The molecule has 4 heterocycles. The third-order valence-electron chi connectivity index (χ3n) is 6.26. The van der Waals surface area contributed by atoms with Gasteiger partial charge in [0, 0.05) is 44.0 Å². The molecule has 3 atom stereocenters. The molecule has 154 valence electrons. The molecule has 0 saturated carbocycles. The van der Waals surface area contributed by atoms with Gasteiger partial charge in [0.25, 0.3) is 11.7 Å². The molecule has 1 saturated heterocycles. The number of carbonyl (C=O) groups excluding carboxylic acids is 1. The number of nitrogens with one attached hydrogen (secondary N) is 2. The lowest BCUT2D eigenvalue weighted by molar-refractivity contribution is -0.523. The molecule has 0 spiro atoms. The molecule has 3 aliphatic rings. The second kappa shape index (κ2) is 8.40. The van der Waals surface area contributed by atoms with Crippen molar-refractivity contribution in [3.05, 3.63) is 72.0 Å². The predicted octanol–water partition coefficient (Wildman–Crippen LogP) is 3.09. The van der Waals surface area contributed by atoms with Crippen LogP contribution in [0.5, 0.6) is 0 Å². The van der Waals surface area contributed by atoms with Crippen molar-refractivity contribution in [3.63, 3.8) is 0 Å². The van der Waals surface area contributed by atoms with Gasteiger partial charge in [-0.15, -0.1) is 0 Å². The van der Waals surface area contributed by atoms with Crippen LogP contribution in [0.25, 0.3) is 5.52 Å². The Bertz CT molecular complexity index is 1050. The normalized spacial score (nSPS) is 25.6. The van der Waals surface area contributed by atoms with E-state index < -0.39 is 0 Å². The van der Waals surface area contributed by atoms with Crippen LogP contribution < -0.4 is 9.72 Å². The van der Waals surface area contributed by atoms with Crippen molar-refractivity contribution in [2.75, 3.05) is 19.8 Å². The molecule has 1 fully saturated rings.